The molecule has 0 unspecified atom stereocenters. The SMILES string of the molecule is CC(=O)OC/C=C1\Cc2ccc3c(c2C1=O)OCO3. The number of carbonyl (C=O) groups is 2. The molecule has 0 amide bonds. The number of carbonyl (C=O) groups excluding carboxylic acids is 2. The van der Waals surface area contributed by atoms with Crippen LogP contribution in [0.25, 0.3) is 0 Å². The van der Waals surface area contributed by atoms with Gasteiger partial charge in [0.2, 0.25) is 6.79 Å². The van der Waals surface area contributed by atoms with Crippen molar-refractivity contribution in [3.8, 4) is 11.5 Å². The molecule has 0 radical (unpaired) electrons. The molecule has 0 aromatic heterocycles. The van der Waals surface area contributed by atoms with E-state index in [1.165, 1.54) is 6.92 Å². The molecule has 5 heteroatoms. The molecule has 0 saturated carbocycles. The summed E-state index contributed by atoms with van der Waals surface area (Å²) in [5.41, 5.74) is 2.12. The van der Waals surface area contributed by atoms with Crippen molar-refractivity contribution in [3.63, 3.8) is 0 Å². The van der Waals surface area contributed by atoms with Gasteiger partial charge in [-0.05, 0) is 17.7 Å². The predicted octanol–water partition coefficient (Wildman–Crippen LogP) is 1.64. The average Bonchev–Trinajstić information content (AvgIpc) is 2.94. The number of esters is 1. The van der Waals surface area contributed by atoms with Crippen molar-refractivity contribution < 1.29 is 23.8 Å². The summed E-state index contributed by atoms with van der Waals surface area (Å²) >= 11 is 0. The Bertz CT molecular complexity index is 600. The van der Waals surface area contributed by atoms with Gasteiger partial charge in [-0.2, -0.15) is 0 Å². The molecule has 1 aliphatic heterocycles. The van der Waals surface area contributed by atoms with Crippen LogP contribution in [0.1, 0.15) is 22.8 Å². The van der Waals surface area contributed by atoms with Gasteiger partial charge in [0.1, 0.15) is 6.61 Å². The first-order valence-electron chi connectivity index (χ1n) is 5.95. The molecule has 0 bridgehead atoms. The van der Waals surface area contributed by atoms with Crippen LogP contribution < -0.4 is 9.47 Å². The Labute approximate surface area is 109 Å². The second-order valence-electron chi connectivity index (χ2n) is 4.37. The van der Waals surface area contributed by atoms with E-state index < -0.39 is 0 Å². The molecule has 98 valence electrons. The molecule has 0 fully saturated rings. The zero-order valence-electron chi connectivity index (χ0n) is 10.4. The van der Waals surface area contributed by atoms with Gasteiger partial charge in [-0.15, -0.1) is 0 Å². The maximum atomic E-state index is 12.3. The van der Waals surface area contributed by atoms with Crippen LogP contribution in [0.3, 0.4) is 0 Å². The minimum atomic E-state index is -0.363. The normalized spacial score (nSPS) is 17.7. The second kappa shape index (κ2) is 4.42. The Hall–Kier alpha value is -2.30. The molecule has 1 heterocycles. The maximum Gasteiger partial charge on any atom is 0.302 e. The highest BCUT2D eigenvalue weighted by Gasteiger charge is 2.32. The molecule has 0 atom stereocenters. The summed E-state index contributed by atoms with van der Waals surface area (Å²) < 4.78 is 15.4. The smallest absolute Gasteiger partial charge is 0.302 e. The molecule has 1 aromatic rings. The van der Waals surface area contributed by atoms with E-state index >= 15 is 0 Å². The fourth-order valence-corrected chi connectivity index (χ4v) is 2.28. The second-order valence-corrected chi connectivity index (χ2v) is 4.37. The Kier molecular flexibility index (Phi) is 2.74. The van der Waals surface area contributed by atoms with Crippen molar-refractivity contribution in [1.29, 1.82) is 0 Å². The average molecular weight is 260 g/mol. The minimum Gasteiger partial charge on any atom is -0.462 e. The summed E-state index contributed by atoms with van der Waals surface area (Å²) in [6.45, 7) is 1.59. The van der Waals surface area contributed by atoms with Crippen LogP contribution in [-0.4, -0.2) is 25.2 Å². The van der Waals surface area contributed by atoms with E-state index in [0.717, 1.165) is 5.56 Å². The fraction of sp³-hybridized carbons (Fsp3) is 0.286. The van der Waals surface area contributed by atoms with E-state index in [4.69, 9.17) is 14.2 Å². The molecule has 0 saturated heterocycles. The third-order valence-electron chi connectivity index (χ3n) is 3.14. The molecule has 1 aromatic carbocycles. The van der Waals surface area contributed by atoms with Gasteiger partial charge in [0.25, 0.3) is 0 Å². The van der Waals surface area contributed by atoms with E-state index in [1.54, 1.807) is 6.08 Å². The van der Waals surface area contributed by atoms with E-state index in [-0.39, 0.29) is 25.2 Å². The lowest BCUT2D eigenvalue weighted by Crippen LogP contribution is -2.02. The number of ketones is 1. The van der Waals surface area contributed by atoms with Gasteiger partial charge in [0, 0.05) is 18.9 Å². The van der Waals surface area contributed by atoms with Gasteiger partial charge in [-0.1, -0.05) is 6.07 Å². The summed E-state index contributed by atoms with van der Waals surface area (Å²) in [5, 5.41) is 0. The third-order valence-corrected chi connectivity index (χ3v) is 3.14. The fourth-order valence-electron chi connectivity index (χ4n) is 2.28. The van der Waals surface area contributed by atoms with E-state index in [0.29, 0.717) is 29.1 Å². The Balaban J connectivity index is 1.88. The monoisotopic (exact) mass is 260 g/mol. The number of fused-ring (bicyclic) bond motifs is 3. The maximum absolute atomic E-state index is 12.3. The number of Topliss-reactive ketones (excluding diaryl/α,β-unsaturated/α-hetero) is 1. The van der Waals surface area contributed by atoms with Crippen molar-refractivity contribution >= 4 is 11.8 Å². The van der Waals surface area contributed by atoms with Crippen LogP contribution >= 0.6 is 0 Å². The minimum absolute atomic E-state index is 0.0792. The van der Waals surface area contributed by atoms with E-state index in [9.17, 15) is 9.59 Å². The predicted molar refractivity (Wildman–Crippen MR) is 65.3 cm³/mol. The van der Waals surface area contributed by atoms with Gasteiger partial charge in [-0.25, -0.2) is 0 Å². The summed E-state index contributed by atoms with van der Waals surface area (Å²) in [6.07, 6.45) is 2.18. The highest BCUT2D eigenvalue weighted by atomic mass is 16.7. The largest absolute Gasteiger partial charge is 0.462 e. The zero-order valence-corrected chi connectivity index (χ0v) is 10.4. The number of rotatable bonds is 2. The lowest BCUT2D eigenvalue weighted by atomic mass is 10.1. The van der Waals surface area contributed by atoms with E-state index in [1.807, 2.05) is 12.1 Å². The van der Waals surface area contributed by atoms with Gasteiger partial charge in [0.05, 0.1) is 5.56 Å². The highest BCUT2D eigenvalue weighted by molar-refractivity contribution is 6.15. The molecule has 3 rings (SSSR count). The molecule has 19 heavy (non-hydrogen) atoms. The quantitative estimate of drug-likeness (QED) is 0.597. The molecular formula is C14H12O5. The van der Waals surface area contributed by atoms with Crippen LogP contribution in [0.2, 0.25) is 0 Å². The number of hydrogen-bond donors (Lipinski definition) is 0. The number of benzene rings is 1. The molecular weight excluding hydrogens is 248 g/mol. The number of ether oxygens (including phenoxy) is 3. The van der Waals surface area contributed by atoms with Gasteiger partial charge >= 0.3 is 5.97 Å². The Morgan fingerprint density at radius 2 is 2.26 bits per heavy atom. The summed E-state index contributed by atoms with van der Waals surface area (Å²) in [4.78, 5) is 23.0. The van der Waals surface area contributed by atoms with Crippen LogP contribution in [0.15, 0.2) is 23.8 Å². The van der Waals surface area contributed by atoms with Crippen molar-refractivity contribution in [3.05, 3.63) is 34.9 Å². The van der Waals surface area contributed by atoms with Gasteiger partial charge in [0.15, 0.2) is 17.3 Å². The van der Waals surface area contributed by atoms with Crippen LogP contribution in [0.5, 0.6) is 11.5 Å². The first-order valence-corrected chi connectivity index (χ1v) is 5.95. The molecule has 0 N–H and O–H groups in total. The first kappa shape index (κ1) is 11.8. The van der Waals surface area contributed by atoms with Crippen molar-refractivity contribution in [2.75, 3.05) is 13.4 Å². The Morgan fingerprint density at radius 3 is 3.05 bits per heavy atom. The van der Waals surface area contributed by atoms with Crippen molar-refractivity contribution in [1.82, 2.24) is 0 Å². The lowest BCUT2D eigenvalue weighted by molar-refractivity contribution is -0.139. The van der Waals surface area contributed by atoms with Crippen LogP contribution in [0.4, 0.5) is 0 Å². The molecule has 2 aliphatic rings. The van der Waals surface area contributed by atoms with Crippen molar-refractivity contribution in [2.45, 2.75) is 13.3 Å². The summed E-state index contributed by atoms with van der Waals surface area (Å²) in [7, 11) is 0. The topological polar surface area (TPSA) is 61.8 Å². The molecule has 1 aliphatic carbocycles. The number of hydrogen-bond acceptors (Lipinski definition) is 5. The summed E-state index contributed by atoms with van der Waals surface area (Å²) in [6, 6.07) is 3.68. The third kappa shape index (κ3) is 1.97. The van der Waals surface area contributed by atoms with Gasteiger partial charge < -0.3 is 14.2 Å². The first-order chi connectivity index (χ1) is 9.16. The zero-order chi connectivity index (χ0) is 13.4. The van der Waals surface area contributed by atoms with Gasteiger partial charge in [-0.3, -0.25) is 9.59 Å². The number of allylic oxidation sites excluding steroid dienone is 1. The highest BCUT2D eigenvalue weighted by Crippen LogP contribution is 2.42. The van der Waals surface area contributed by atoms with Crippen LogP contribution in [0, 0.1) is 0 Å². The standard InChI is InChI=1S/C14H12O5/c1-8(15)17-5-4-10-6-9-2-3-11-14(19-7-18-11)12(9)13(10)16/h2-4H,5-7H2,1H3/b10-4+. The molecule has 0 spiro atoms. The van der Waals surface area contributed by atoms with E-state index in [2.05, 4.69) is 0 Å². The Morgan fingerprint density at radius 1 is 1.42 bits per heavy atom. The lowest BCUT2D eigenvalue weighted by Gasteiger charge is -2.01. The van der Waals surface area contributed by atoms with Crippen molar-refractivity contribution in [2.24, 2.45) is 0 Å². The molecule has 5 nitrogen and oxygen atoms in total. The summed E-state index contributed by atoms with van der Waals surface area (Å²) in [5.74, 6) is 0.689. The van der Waals surface area contributed by atoms with Crippen LogP contribution in [-0.2, 0) is 16.0 Å².